The largest absolute Gasteiger partial charge is 0.497 e. The molecule has 1 saturated heterocycles. The number of benzene rings is 1. The Morgan fingerprint density at radius 2 is 1.75 bits per heavy atom. The summed E-state index contributed by atoms with van der Waals surface area (Å²) in [5.74, 6) is 2.19. The average molecular weight is 330 g/mol. The highest BCUT2D eigenvalue weighted by Gasteiger charge is 2.23. The Morgan fingerprint density at radius 3 is 2.29 bits per heavy atom. The van der Waals surface area contributed by atoms with E-state index < -0.39 is 0 Å². The monoisotopic (exact) mass is 330 g/mol. The molecule has 1 aliphatic heterocycles. The van der Waals surface area contributed by atoms with E-state index in [2.05, 4.69) is 4.90 Å². The molecule has 24 heavy (non-hydrogen) atoms. The number of hydrogen-bond acceptors (Lipinski definition) is 5. The minimum Gasteiger partial charge on any atom is -0.497 e. The second kappa shape index (κ2) is 7.40. The fraction of sp³-hybridized carbons (Fsp3) is 0.389. The molecule has 0 atom stereocenters. The van der Waals surface area contributed by atoms with Crippen LogP contribution in [-0.2, 0) is 6.54 Å². The van der Waals surface area contributed by atoms with Gasteiger partial charge in [0.05, 0.1) is 27.0 Å². The number of hydrogen-bond donors (Lipinski definition) is 0. The van der Waals surface area contributed by atoms with Crippen molar-refractivity contribution in [2.45, 2.75) is 6.54 Å². The second-order valence-corrected chi connectivity index (χ2v) is 5.75. The molecule has 0 bridgehead atoms. The maximum atomic E-state index is 12.7. The molecule has 0 N–H and O–H groups in total. The molecule has 0 spiro atoms. The van der Waals surface area contributed by atoms with Crippen LogP contribution >= 0.6 is 0 Å². The summed E-state index contributed by atoms with van der Waals surface area (Å²) in [4.78, 5) is 16.9. The standard InChI is InChI=1S/C18H22N2O4/c1-22-16-10-14(11-17(12-16)23-2)18(21)20-7-5-19(6-8-20)13-15-4-3-9-24-15/h3-4,9-12H,5-8,13H2,1-2H3. The summed E-state index contributed by atoms with van der Waals surface area (Å²) >= 11 is 0. The first-order valence-electron chi connectivity index (χ1n) is 7.96. The van der Waals surface area contributed by atoms with Gasteiger partial charge in [-0.25, -0.2) is 0 Å². The van der Waals surface area contributed by atoms with Crippen LogP contribution in [-0.4, -0.2) is 56.1 Å². The molecule has 6 heteroatoms. The highest BCUT2D eigenvalue weighted by Crippen LogP contribution is 2.24. The summed E-state index contributed by atoms with van der Waals surface area (Å²) in [7, 11) is 3.16. The predicted molar refractivity (Wildman–Crippen MR) is 89.4 cm³/mol. The lowest BCUT2D eigenvalue weighted by atomic mass is 10.1. The van der Waals surface area contributed by atoms with E-state index in [4.69, 9.17) is 13.9 Å². The SMILES string of the molecule is COc1cc(OC)cc(C(=O)N2CCN(Cc3ccco3)CC2)c1. The van der Waals surface area contributed by atoms with E-state index in [9.17, 15) is 4.79 Å². The first-order chi connectivity index (χ1) is 11.7. The fourth-order valence-corrected chi connectivity index (χ4v) is 2.85. The van der Waals surface area contributed by atoms with Gasteiger partial charge in [-0.05, 0) is 24.3 Å². The summed E-state index contributed by atoms with van der Waals surface area (Å²) in [5.41, 5.74) is 0.589. The van der Waals surface area contributed by atoms with E-state index in [0.717, 1.165) is 25.4 Å². The van der Waals surface area contributed by atoms with Gasteiger partial charge in [0.15, 0.2) is 0 Å². The number of carbonyl (C=O) groups excluding carboxylic acids is 1. The quantitative estimate of drug-likeness (QED) is 0.842. The minimum absolute atomic E-state index is 0.00449. The lowest BCUT2D eigenvalue weighted by Gasteiger charge is -2.34. The lowest BCUT2D eigenvalue weighted by Crippen LogP contribution is -2.48. The van der Waals surface area contributed by atoms with Gasteiger partial charge in [0.25, 0.3) is 5.91 Å². The number of amides is 1. The third-order valence-corrected chi connectivity index (χ3v) is 4.22. The van der Waals surface area contributed by atoms with Crippen LogP contribution in [0.1, 0.15) is 16.1 Å². The van der Waals surface area contributed by atoms with Crippen LogP contribution < -0.4 is 9.47 Å². The third-order valence-electron chi connectivity index (χ3n) is 4.22. The van der Waals surface area contributed by atoms with Gasteiger partial charge in [-0.2, -0.15) is 0 Å². The zero-order valence-corrected chi connectivity index (χ0v) is 14.0. The number of methoxy groups -OCH3 is 2. The van der Waals surface area contributed by atoms with E-state index in [1.54, 1.807) is 38.7 Å². The first-order valence-corrected chi connectivity index (χ1v) is 7.96. The Bertz CT molecular complexity index is 654. The van der Waals surface area contributed by atoms with Crippen LogP contribution in [0.3, 0.4) is 0 Å². The average Bonchev–Trinajstić information content (AvgIpc) is 3.14. The van der Waals surface area contributed by atoms with Gasteiger partial charge in [-0.3, -0.25) is 9.69 Å². The van der Waals surface area contributed by atoms with Crippen molar-refractivity contribution in [3.05, 3.63) is 47.9 Å². The Hall–Kier alpha value is -2.47. The molecular weight excluding hydrogens is 308 g/mol. The van der Waals surface area contributed by atoms with Gasteiger partial charge in [0, 0.05) is 37.8 Å². The van der Waals surface area contributed by atoms with Gasteiger partial charge in [0.2, 0.25) is 0 Å². The third kappa shape index (κ3) is 3.71. The van der Waals surface area contributed by atoms with Gasteiger partial charge >= 0.3 is 0 Å². The molecule has 128 valence electrons. The maximum absolute atomic E-state index is 12.7. The van der Waals surface area contributed by atoms with Crippen molar-refractivity contribution in [1.29, 1.82) is 0 Å². The van der Waals surface area contributed by atoms with Crippen molar-refractivity contribution in [2.75, 3.05) is 40.4 Å². The highest BCUT2D eigenvalue weighted by molar-refractivity contribution is 5.95. The van der Waals surface area contributed by atoms with Crippen LogP contribution in [0, 0.1) is 0 Å². The lowest BCUT2D eigenvalue weighted by molar-refractivity contribution is 0.0619. The van der Waals surface area contributed by atoms with Crippen molar-refractivity contribution in [3.8, 4) is 11.5 Å². The Labute approximate surface area is 141 Å². The van der Waals surface area contributed by atoms with E-state index in [1.165, 1.54) is 0 Å². The van der Waals surface area contributed by atoms with Crippen LogP contribution in [0.25, 0.3) is 0 Å². The van der Waals surface area contributed by atoms with E-state index in [1.807, 2.05) is 17.0 Å². The molecule has 0 radical (unpaired) electrons. The van der Waals surface area contributed by atoms with Crippen LogP contribution in [0.5, 0.6) is 11.5 Å². The maximum Gasteiger partial charge on any atom is 0.254 e. The molecule has 0 aliphatic carbocycles. The molecule has 2 heterocycles. The molecule has 1 aromatic heterocycles. The molecule has 1 fully saturated rings. The molecule has 6 nitrogen and oxygen atoms in total. The Morgan fingerprint density at radius 1 is 1.08 bits per heavy atom. The molecule has 1 amide bonds. The van der Waals surface area contributed by atoms with Gasteiger partial charge in [-0.15, -0.1) is 0 Å². The van der Waals surface area contributed by atoms with Gasteiger partial charge < -0.3 is 18.8 Å². The first kappa shape index (κ1) is 16.4. The number of carbonyl (C=O) groups is 1. The van der Waals surface area contributed by atoms with Crippen molar-refractivity contribution >= 4 is 5.91 Å². The van der Waals surface area contributed by atoms with Crippen LogP contribution in [0.2, 0.25) is 0 Å². The van der Waals surface area contributed by atoms with Gasteiger partial charge in [-0.1, -0.05) is 0 Å². The molecular formula is C18H22N2O4. The van der Waals surface area contributed by atoms with Crippen LogP contribution in [0.15, 0.2) is 41.0 Å². The number of ether oxygens (including phenoxy) is 2. The number of nitrogens with zero attached hydrogens (tertiary/aromatic N) is 2. The van der Waals surface area contributed by atoms with E-state index >= 15 is 0 Å². The van der Waals surface area contributed by atoms with Crippen LogP contribution in [0.4, 0.5) is 0 Å². The highest BCUT2D eigenvalue weighted by atomic mass is 16.5. The van der Waals surface area contributed by atoms with Crippen molar-refractivity contribution < 1.29 is 18.7 Å². The molecule has 1 aliphatic rings. The second-order valence-electron chi connectivity index (χ2n) is 5.75. The number of furan rings is 1. The Kier molecular flexibility index (Phi) is 5.05. The molecule has 3 rings (SSSR count). The summed E-state index contributed by atoms with van der Waals surface area (Å²) < 4.78 is 15.9. The summed E-state index contributed by atoms with van der Waals surface area (Å²) in [5, 5.41) is 0. The normalized spacial score (nSPS) is 15.3. The zero-order chi connectivity index (χ0) is 16.9. The predicted octanol–water partition coefficient (Wildman–Crippen LogP) is 2.25. The number of rotatable bonds is 5. The van der Waals surface area contributed by atoms with E-state index in [0.29, 0.717) is 30.2 Å². The molecule has 0 unspecified atom stereocenters. The topological polar surface area (TPSA) is 55.2 Å². The van der Waals surface area contributed by atoms with Crippen molar-refractivity contribution in [3.63, 3.8) is 0 Å². The van der Waals surface area contributed by atoms with Crippen molar-refractivity contribution in [2.24, 2.45) is 0 Å². The fourth-order valence-electron chi connectivity index (χ4n) is 2.85. The smallest absolute Gasteiger partial charge is 0.254 e. The molecule has 0 saturated carbocycles. The Balaban J connectivity index is 1.62. The summed E-state index contributed by atoms with van der Waals surface area (Å²) in [6.45, 7) is 3.82. The minimum atomic E-state index is 0.00449. The summed E-state index contributed by atoms with van der Waals surface area (Å²) in [6.07, 6.45) is 1.69. The number of piperazine rings is 1. The van der Waals surface area contributed by atoms with Crippen molar-refractivity contribution in [1.82, 2.24) is 9.80 Å². The van der Waals surface area contributed by atoms with Gasteiger partial charge in [0.1, 0.15) is 17.3 Å². The molecule has 2 aromatic rings. The zero-order valence-electron chi connectivity index (χ0n) is 14.0. The summed E-state index contributed by atoms with van der Waals surface area (Å²) in [6, 6.07) is 9.13. The molecule has 1 aromatic carbocycles. The van der Waals surface area contributed by atoms with E-state index in [-0.39, 0.29) is 5.91 Å².